The van der Waals surface area contributed by atoms with E-state index in [1.165, 1.54) is 19.3 Å². The topological polar surface area (TPSA) is 54.5 Å². The number of pyridine rings is 1. The standard InChI is InChI=1S/C23H29N3O2/c27-23(20-12-8-14-24-22(20)26-15-6-1-7-16-26)25-17-18-9-2-5-13-21(18)28-19-10-3-4-11-19/h2,5,8-9,12-14,19H,1,3-4,6-7,10-11,15-17H2,(H,25,27). The van der Waals surface area contributed by atoms with Crippen LogP contribution in [0.4, 0.5) is 5.82 Å². The molecular formula is C23H29N3O2. The van der Waals surface area contributed by atoms with Crippen molar-refractivity contribution in [3.63, 3.8) is 0 Å². The molecular weight excluding hydrogens is 350 g/mol. The van der Waals surface area contributed by atoms with Crippen molar-refractivity contribution < 1.29 is 9.53 Å². The van der Waals surface area contributed by atoms with Gasteiger partial charge in [0.05, 0.1) is 11.7 Å². The monoisotopic (exact) mass is 379 g/mol. The maximum atomic E-state index is 12.9. The number of aromatic nitrogens is 1. The van der Waals surface area contributed by atoms with Crippen molar-refractivity contribution in [2.24, 2.45) is 0 Å². The molecule has 5 heteroatoms. The number of ether oxygens (including phenoxy) is 1. The predicted molar refractivity (Wildman–Crippen MR) is 111 cm³/mol. The van der Waals surface area contributed by atoms with Gasteiger partial charge in [-0.05, 0) is 63.1 Å². The van der Waals surface area contributed by atoms with E-state index in [1.807, 2.05) is 36.4 Å². The van der Waals surface area contributed by atoms with Crippen molar-refractivity contribution in [3.8, 4) is 5.75 Å². The van der Waals surface area contributed by atoms with Crippen LogP contribution in [0.1, 0.15) is 60.9 Å². The van der Waals surface area contributed by atoms with Gasteiger partial charge < -0.3 is 15.0 Å². The molecule has 1 aliphatic heterocycles. The van der Waals surface area contributed by atoms with Crippen LogP contribution in [0.5, 0.6) is 5.75 Å². The van der Waals surface area contributed by atoms with Gasteiger partial charge >= 0.3 is 0 Å². The predicted octanol–water partition coefficient (Wildman–Crippen LogP) is 4.32. The SMILES string of the molecule is O=C(NCc1ccccc1OC1CCCC1)c1cccnc1N1CCCCC1. The Kier molecular flexibility index (Phi) is 6.10. The molecule has 0 atom stereocenters. The second-order valence-corrected chi connectivity index (χ2v) is 7.74. The maximum absolute atomic E-state index is 12.9. The number of carbonyl (C=O) groups is 1. The fourth-order valence-corrected chi connectivity index (χ4v) is 4.15. The fourth-order valence-electron chi connectivity index (χ4n) is 4.15. The average molecular weight is 380 g/mol. The first kappa shape index (κ1) is 18.8. The molecule has 1 saturated heterocycles. The number of para-hydroxylation sites is 1. The molecule has 2 heterocycles. The van der Waals surface area contributed by atoms with Gasteiger partial charge in [0.15, 0.2) is 0 Å². The number of amides is 1. The molecule has 1 aromatic heterocycles. The van der Waals surface area contributed by atoms with E-state index in [0.717, 1.165) is 55.9 Å². The first-order valence-electron chi connectivity index (χ1n) is 10.5. The van der Waals surface area contributed by atoms with Crippen molar-refractivity contribution >= 4 is 11.7 Å². The average Bonchev–Trinajstić information content (AvgIpc) is 3.27. The molecule has 1 aliphatic carbocycles. The normalized spacial score (nSPS) is 17.5. The van der Waals surface area contributed by atoms with Gasteiger partial charge in [-0.2, -0.15) is 0 Å². The van der Waals surface area contributed by atoms with Crippen LogP contribution in [-0.2, 0) is 6.54 Å². The van der Waals surface area contributed by atoms with Crippen molar-refractivity contribution in [1.82, 2.24) is 10.3 Å². The molecule has 2 aromatic rings. The van der Waals surface area contributed by atoms with Gasteiger partial charge in [-0.1, -0.05) is 18.2 Å². The van der Waals surface area contributed by atoms with Crippen LogP contribution in [0.25, 0.3) is 0 Å². The summed E-state index contributed by atoms with van der Waals surface area (Å²) in [6.07, 6.45) is 10.4. The molecule has 0 bridgehead atoms. The second-order valence-electron chi connectivity index (χ2n) is 7.74. The van der Waals surface area contributed by atoms with Gasteiger partial charge in [0.2, 0.25) is 0 Å². The first-order chi connectivity index (χ1) is 13.8. The number of nitrogens with zero attached hydrogens (tertiary/aromatic N) is 2. The summed E-state index contributed by atoms with van der Waals surface area (Å²) >= 11 is 0. The van der Waals surface area contributed by atoms with Crippen LogP contribution in [0, 0.1) is 0 Å². The summed E-state index contributed by atoms with van der Waals surface area (Å²) in [6.45, 7) is 2.39. The zero-order valence-electron chi connectivity index (χ0n) is 16.4. The third kappa shape index (κ3) is 4.46. The lowest BCUT2D eigenvalue weighted by Crippen LogP contribution is -2.33. The van der Waals surface area contributed by atoms with Crippen LogP contribution in [0.15, 0.2) is 42.6 Å². The van der Waals surface area contributed by atoms with Crippen molar-refractivity contribution in [1.29, 1.82) is 0 Å². The Morgan fingerprint density at radius 1 is 1.04 bits per heavy atom. The van der Waals surface area contributed by atoms with Gasteiger partial charge in [-0.25, -0.2) is 4.98 Å². The summed E-state index contributed by atoms with van der Waals surface area (Å²) in [5.41, 5.74) is 1.67. The molecule has 2 aliphatic rings. The van der Waals surface area contributed by atoms with Gasteiger partial charge in [0.25, 0.3) is 5.91 Å². The second kappa shape index (κ2) is 9.09. The largest absolute Gasteiger partial charge is 0.490 e. The molecule has 2 fully saturated rings. The number of piperidine rings is 1. The summed E-state index contributed by atoms with van der Waals surface area (Å²) in [5, 5.41) is 3.07. The molecule has 1 aromatic carbocycles. The number of hydrogen-bond acceptors (Lipinski definition) is 4. The van der Waals surface area contributed by atoms with E-state index < -0.39 is 0 Å². The van der Waals surface area contributed by atoms with Gasteiger partial charge in [-0.3, -0.25) is 4.79 Å². The van der Waals surface area contributed by atoms with Crippen molar-refractivity contribution in [2.75, 3.05) is 18.0 Å². The fraction of sp³-hybridized carbons (Fsp3) is 0.478. The molecule has 1 N–H and O–H groups in total. The Morgan fingerprint density at radius 3 is 2.64 bits per heavy atom. The summed E-state index contributed by atoms with van der Waals surface area (Å²) in [7, 11) is 0. The first-order valence-corrected chi connectivity index (χ1v) is 10.5. The highest BCUT2D eigenvalue weighted by Gasteiger charge is 2.21. The lowest BCUT2D eigenvalue weighted by atomic mass is 10.1. The number of rotatable bonds is 6. The molecule has 0 unspecified atom stereocenters. The van der Waals surface area contributed by atoms with Crippen LogP contribution in [0.2, 0.25) is 0 Å². The minimum Gasteiger partial charge on any atom is -0.490 e. The Bertz CT molecular complexity index is 796. The molecule has 28 heavy (non-hydrogen) atoms. The van der Waals surface area contributed by atoms with E-state index in [0.29, 0.717) is 18.2 Å². The van der Waals surface area contributed by atoms with Gasteiger partial charge in [0.1, 0.15) is 11.6 Å². The molecule has 0 spiro atoms. The van der Waals surface area contributed by atoms with E-state index in [9.17, 15) is 4.79 Å². The summed E-state index contributed by atoms with van der Waals surface area (Å²) < 4.78 is 6.19. The molecule has 5 nitrogen and oxygen atoms in total. The molecule has 1 amide bonds. The zero-order chi connectivity index (χ0) is 19.2. The number of hydrogen-bond donors (Lipinski definition) is 1. The third-order valence-corrected chi connectivity index (χ3v) is 5.69. The highest BCUT2D eigenvalue weighted by molar-refractivity contribution is 5.98. The molecule has 0 radical (unpaired) electrons. The van der Waals surface area contributed by atoms with Crippen molar-refractivity contribution in [2.45, 2.75) is 57.6 Å². The highest BCUT2D eigenvalue weighted by Crippen LogP contribution is 2.27. The van der Waals surface area contributed by atoms with Crippen LogP contribution in [-0.4, -0.2) is 30.1 Å². The molecule has 148 valence electrons. The van der Waals surface area contributed by atoms with Crippen molar-refractivity contribution in [3.05, 3.63) is 53.7 Å². The number of carbonyl (C=O) groups excluding carboxylic acids is 1. The highest BCUT2D eigenvalue weighted by atomic mass is 16.5. The summed E-state index contributed by atoms with van der Waals surface area (Å²) in [6, 6.07) is 11.7. The Balaban J connectivity index is 1.44. The Hall–Kier alpha value is -2.56. The zero-order valence-corrected chi connectivity index (χ0v) is 16.4. The smallest absolute Gasteiger partial charge is 0.255 e. The van der Waals surface area contributed by atoms with Crippen LogP contribution < -0.4 is 15.0 Å². The molecule has 4 rings (SSSR count). The summed E-state index contributed by atoms with van der Waals surface area (Å²) in [4.78, 5) is 19.7. The summed E-state index contributed by atoms with van der Waals surface area (Å²) in [5.74, 6) is 1.61. The van der Waals surface area contributed by atoms with Crippen LogP contribution in [0.3, 0.4) is 0 Å². The third-order valence-electron chi connectivity index (χ3n) is 5.69. The lowest BCUT2D eigenvalue weighted by Gasteiger charge is -2.29. The minimum absolute atomic E-state index is 0.0793. The van der Waals surface area contributed by atoms with E-state index >= 15 is 0 Å². The number of nitrogens with one attached hydrogen (secondary N) is 1. The van der Waals surface area contributed by atoms with Crippen LogP contribution >= 0.6 is 0 Å². The maximum Gasteiger partial charge on any atom is 0.255 e. The minimum atomic E-state index is -0.0793. The lowest BCUT2D eigenvalue weighted by molar-refractivity contribution is 0.0950. The number of anilines is 1. The number of benzene rings is 1. The van der Waals surface area contributed by atoms with Gasteiger partial charge in [-0.15, -0.1) is 0 Å². The van der Waals surface area contributed by atoms with Gasteiger partial charge in [0, 0.05) is 31.4 Å². The van der Waals surface area contributed by atoms with E-state index in [1.54, 1.807) is 6.20 Å². The van der Waals surface area contributed by atoms with E-state index in [-0.39, 0.29) is 5.91 Å². The molecule has 1 saturated carbocycles. The Morgan fingerprint density at radius 2 is 1.82 bits per heavy atom. The Labute approximate surface area is 167 Å². The van der Waals surface area contributed by atoms with E-state index in [4.69, 9.17) is 4.74 Å². The van der Waals surface area contributed by atoms with E-state index in [2.05, 4.69) is 15.2 Å². The quantitative estimate of drug-likeness (QED) is 0.812.